The normalized spacial score (nSPS) is 12.2. The number of nitrogens with zero attached hydrogens (tertiary/aromatic N) is 3. The van der Waals surface area contributed by atoms with Crippen LogP contribution in [0, 0.1) is 24.0 Å². The monoisotopic (exact) mass is 300 g/mol. The van der Waals surface area contributed by atoms with Gasteiger partial charge in [0.1, 0.15) is 11.4 Å². The molecule has 1 heterocycles. The SMILES string of the molecule is CCOC(=O)CNCC(O)Cn1nc(C)c([N+](=O)[O-])c1C. The zero-order chi connectivity index (χ0) is 16.0. The predicted molar refractivity (Wildman–Crippen MR) is 73.9 cm³/mol. The van der Waals surface area contributed by atoms with E-state index < -0.39 is 17.0 Å². The molecule has 2 N–H and O–H groups in total. The van der Waals surface area contributed by atoms with Crippen LogP contribution >= 0.6 is 0 Å². The Bertz CT molecular complexity index is 514. The van der Waals surface area contributed by atoms with E-state index in [0.717, 1.165) is 0 Å². The molecule has 9 heteroatoms. The molecule has 0 aliphatic rings. The molecule has 1 atom stereocenters. The number of carbonyl (C=O) groups excluding carboxylic acids is 1. The van der Waals surface area contributed by atoms with Gasteiger partial charge in [0.25, 0.3) is 0 Å². The van der Waals surface area contributed by atoms with Gasteiger partial charge in [-0.05, 0) is 20.8 Å². The molecule has 0 spiro atoms. The predicted octanol–water partition coefficient (Wildman–Crippen LogP) is -0.0783. The number of hydrogen-bond donors (Lipinski definition) is 2. The second-order valence-electron chi connectivity index (χ2n) is 4.55. The zero-order valence-corrected chi connectivity index (χ0v) is 12.3. The number of hydrogen-bond acceptors (Lipinski definition) is 7. The molecule has 0 aliphatic heterocycles. The molecule has 0 fully saturated rings. The number of ether oxygens (including phenoxy) is 1. The van der Waals surface area contributed by atoms with Crippen LogP contribution in [0.2, 0.25) is 0 Å². The molecule has 0 saturated heterocycles. The molecule has 0 radical (unpaired) electrons. The van der Waals surface area contributed by atoms with Crippen LogP contribution in [-0.2, 0) is 16.1 Å². The minimum Gasteiger partial charge on any atom is -0.465 e. The maximum absolute atomic E-state index is 11.1. The van der Waals surface area contributed by atoms with Gasteiger partial charge in [-0.25, -0.2) is 0 Å². The van der Waals surface area contributed by atoms with Crippen molar-refractivity contribution in [2.45, 2.75) is 33.4 Å². The summed E-state index contributed by atoms with van der Waals surface area (Å²) in [6.45, 7) is 5.41. The van der Waals surface area contributed by atoms with E-state index in [1.165, 1.54) is 4.68 Å². The number of aryl methyl sites for hydroxylation is 1. The molecular formula is C12H20N4O5. The van der Waals surface area contributed by atoms with Crippen molar-refractivity contribution in [2.24, 2.45) is 0 Å². The van der Waals surface area contributed by atoms with Crippen molar-refractivity contribution in [1.82, 2.24) is 15.1 Å². The molecule has 9 nitrogen and oxygen atoms in total. The minimum absolute atomic E-state index is 0.00215. The summed E-state index contributed by atoms with van der Waals surface area (Å²) in [4.78, 5) is 21.5. The Hall–Kier alpha value is -2.00. The van der Waals surface area contributed by atoms with Crippen LogP contribution in [0.25, 0.3) is 0 Å². The molecule has 118 valence electrons. The molecule has 0 bridgehead atoms. The largest absolute Gasteiger partial charge is 0.465 e. The zero-order valence-electron chi connectivity index (χ0n) is 12.3. The lowest BCUT2D eigenvalue weighted by Gasteiger charge is -2.12. The first-order chi connectivity index (χ1) is 9.86. The van der Waals surface area contributed by atoms with Gasteiger partial charge in [-0.2, -0.15) is 5.10 Å². The molecular weight excluding hydrogens is 280 g/mol. The van der Waals surface area contributed by atoms with E-state index in [1.54, 1.807) is 20.8 Å². The highest BCUT2D eigenvalue weighted by Gasteiger charge is 2.22. The van der Waals surface area contributed by atoms with Gasteiger partial charge in [0.15, 0.2) is 0 Å². The van der Waals surface area contributed by atoms with Crippen molar-refractivity contribution in [3.05, 3.63) is 21.5 Å². The second-order valence-corrected chi connectivity index (χ2v) is 4.55. The smallest absolute Gasteiger partial charge is 0.319 e. The number of nitrogens with one attached hydrogen (secondary N) is 1. The maximum atomic E-state index is 11.1. The fraction of sp³-hybridized carbons (Fsp3) is 0.667. The molecule has 1 aromatic heterocycles. The minimum atomic E-state index is -0.822. The van der Waals surface area contributed by atoms with Crippen LogP contribution < -0.4 is 5.32 Å². The lowest BCUT2D eigenvalue weighted by Crippen LogP contribution is -2.34. The third-order valence-electron chi connectivity index (χ3n) is 2.86. The standard InChI is InChI=1S/C12H20N4O5/c1-4-21-11(18)6-13-5-10(17)7-15-9(3)12(16(19)20)8(2)14-15/h10,13,17H,4-7H2,1-3H3. The lowest BCUT2D eigenvalue weighted by molar-refractivity contribution is -0.386. The molecule has 0 amide bonds. The Morgan fingerprint density at radius 3 is 2.76 bits per heavy atom. The summed E-state index contributed by atoms with van der Waals surface area (Å²) in [5, 5.41) is 27.5. The van der Waals surface area contributed by atoms with Gasteiger partial charge in [-0.1, -0.05) is 0 Å². The number of aromatic nitrogens is 2. The van der Waals surface area contributed by atoms with Crippen LogP contribution in [0.4, 0.5) is 5.69 Å². The van der Waals surface area contributed by atoms with Gasteiger partial charge in [-0.15, -0.1) is 0 Å². The van der Waals surface area contributed by atoms with E-state index in [2.05, 4.69) is 10.4 Å². The highest BCUT2D eigenvalue weighted by atomic mass is 16.6. The van der Waals surface area contributed by atoms with E-state index >= 15 is 0 Å². The Balaban J connectivity index is 2.52. The summed E-state index contributed by atoms with van der Waals surface area (Å²) in [6, 6.07) is 0. The number of esters is 1. The van der Waals surface area contributed by atoms with E-state index in [9.17, 15) is 20.0 Å². The van der Waals surface area contributed by atoms with E-state index in [0.29, 0.717) is 18.0 Å². The summed E-state index contributed by atoms with van der Waals surface area (Å²) in [5.41, 5.74) is 0.660. The lowest BCUT2D eigenvalue weighted by atomic mass is 10.3. The average molecular weight is 300 g/mol. The van der Waals surface area contributed by atoms with E-state index in [4.69, 9.17) is 4.74 Å². The number of rotatable bonds is 8. The maximum Gasteiger partial charge on any atom is 0.319 e. The van der Waals surface area contributed by atoms with Crippen LogP contribution in [0.5, 0.6) is 0 Å². The van der Waals surface area contributed by atoms with Crippen molar-refractivity contribution >= 4 is 11.7 Å². The first-order valence-electron chi connectivity index (χ1n) is 6.59. The fourth-order valence-corrected chi connectivity index (χ4v) is 1.95. The van der Waals surface area contributed by atoms with Crippen LogP contribution in [0.1, 0.15) is 18.3 Å². The van der Waals surface area contributed by atoms with E-state index in [1.807, 2.05) is 0 Å². The Morgan fingerprint density at radius 1 is 1.57 bits per heavy atom. The van der Waals surface area contributed by atoms with Gasteiger partial charge < -0.3 is 15.2 Å². The van der Waals surface area contributed by atoms with Gasteiger partial charge in [0, 0.05) is 6.54 Å². The third kappa shape index (κ3) is 4.80. The number of aliphatic hydroxyl groups excluding tert-OH is 1. The average Bonchev–Trinajstić information content (AvgIpc) is 2.64. The van der Waals surface area contributed by atoms with Crippen LogP contribution in [0.3, 0.4) is 0 Å². The Kier molecular flexibility index (Phi) is 6.25. The van der Waals surface area contributed by atoms with Gasteiger partial charge in [0.05, 0.1) is 30.7 Å². The van der Waals surface area contributed by atoms with Crippen LogP contribution in [0.15, 0.2) is 0 Å². The summed E-state index contributed by atoms with van der Waals surface area (Å²) in [6.07, 6.45) is -0.822. The number of aliphatic hydroxyl groups is 1. The van der Waals surface area contributed by atoms with Crippen molar-refractivity contribution in [1.29, 1.82) is 0 Å². The first-order valence-corrected chi connectivity index (χ1v) is 6.59. The molecule has 1 aromatic rings. The number of nitro groups is 1. The summed E-state index contributed by atoms with van der Waals surface area (Å²) in [5.74, 6) is -0.397. The highest BCUT2D eigenvalue weighted by Crippen LogP contribution is 2.21. The van der Waals surface area contributed by atoms with Gasteiger partial charge >= 0.3 is 11.7 Å². The van der Waals surface area contributed by atoms with Gasteiger partial charge in [-0.3, -0.25) is 19.6 Å². The topological polar surface area (TPSA) is 120 Å². The molecule has 0 aliphatic carbocycles. The third-order valence-corrected chi connectivity index (χ3v) is 2.86. The second kappa shape index (κ2) is 7.70. The molecule has 1 rings (SSSR count). The number of carbonyl (C=O) groups is 1. The van der Waals surface area contributed by atoms with Gasteiger partial charge in [0.2, 0.25) is 0 Å². The highest BCUT2D eigenvalue weighted by molar-refractivity contribution is 5.71. The van der Waals surface area contributed by atoms with Crippen molar-refractivity contribution in [2.75, 3.05) is 19.7 Å². The van der Waals surface area contributed by atoms with E-state index in [-0.39, 0.29) is 25.3 Å². The molecule has 0 aromatic carbocycles. The van der Waals surface area contributed by atoms with Crippen molar-refractivity contribution < 1.29 is 19.6 Å². The quantitative estimate of drug-likeness (QED) is 0.391. The Morgan fingerprint density at radius 2 is 2.24 bits per heavy atom. The summed E-state index contributed by atoms with van der Waals surface area (Å²) >= 11 is 0. The molecule has 0 saturated carbocycles. The molecule has 1 unspecified atom stereocenters. The fourth-order valence-electron chi connectivity index (χ4n) is 1.95. The molecule has 21 heavy (non-hydrogen) atoms. The first kappa shape index (κ1) is 17.1. The summed E-state index contributed by atoms with van der Waals surface area (Å²) in [7, 11) is 0. The summed E-state index contributed by atoms with van der Waals surface area (Å²) < 4.78 is 6.12. The van der Waals surface area contributed by atoms with Crippen LogP contribution in [-0.4, -0.2) is 51.6 Å². The van der Waals surface area contributed by atoms with Crippen molar-refractivity contribution in [3.63, 3.8) is 0 Å². The van der Waals surface area contributed by atoms with Crippen molar-refractivity contribution in [3.8, 4) is 0 Å². The Labute approximate surface area is 122 Å².